The van der Waals surface area contributed by atoms with Crippen molar-refractivity contribution >= 4 is 32.5 Å². The van der Waals surface area contributed by atoms with E-state index in [1.165, 1.54) is 12.1 Å². The summed E-state index contributed by atoms with van der Waals surface area (Å²) in [7, 11) is -3.57. The monoisotopic (exact) mass is 410 g/mol. The molecule has 0 N–H and O–H groups in total. The van der Waals surface area contributed by atoms with Crippen LogP contribution in [0.4, 0.5) is 11.4 Å². The Bertz CT molecular complexity index is 934. The lowest BCUT2D eigenvalue weighted by molar-refractivity contribution is -0.385. The number of nitro benzene ring substituents is 1. The molecule has 0 atom stereocenters. The summed E-state index contributed by atoms with van der Waals surface area (Å²) < 4.78 is 24.3. The molecule has 0 bridgehead atoms. The van der Waals surface area contributed by atoms with Gasteiger partial charge in [0.05, 0.1) is 26.2 Å². The minimum Gasteiger partial charge on any atom is -0.368 e. The predicted molar refractivity (Wildman–Crippen MR) is 105 cm³/mol. The number of nitro groups is 1. The largest absolute Gasteiger partial charge is 0.368 e. The topological polar surface area (TPSA) is 96.7 Å². The fourth-order valence-corrected chi connectivity index (χ4v) is 4.78. The minimum absolute atomic E-state index is 0.0113. The molecule has 0 unspecified atom stereocenters. The van der Waals surface area contributed by atoms with E-state index in [0.29, 0.717) is 18.8 Å². The molecule has 0 spiro atoms. The van der Waals surface area contributed by atoms with Crippen molar-refractivity contribution in [3.05, 3.63) is 44.4 Å². The van der Waals surface area contributed by atoms with Gasteiger partial charge in [0.2, 0.25) is 0 Å². The molecule has 146 valence electrons. The van der Waals surface area contributed by atoms with Crippen LogP contribution >= 0.6 is 11.3 Å². The minimum atomic E-state index is -3.57. The van der Waals surface area contributed by atoms with Gasteiger partial charge in [-0.05, 0) is 12.5 Å². The highest BCUT2D eigenvalue weighted by Gasteiger charge is 2.25. The smallest absolute Gasteiger partial charge is 0.270 e. The second kappa shape index (κ2) is 7.91. The van der Waals surface area contributed by atoms with E-state index >= 15 is 0 Å². The van der Waals surface area contributed by atoms with Crippen LogP contribution in [0.5, 0.6) is 0 Å². The van der Waals surface area contributed by atoms with Crippen molar-refractivity contribution in [2.45, 2.75) is 24.8 Å². The van der Waals surface area contributed by atoms with E-state index in [2.05, 4.69) is 22.2 Å². The van der Waals surface area contributed by atoms with Crippen LogP contribution in [0.25, 0.3) is 0 Å². The standard InChI is InChI=1S/C17H22N4O4S2/c1-3-17-18-13(12-26-17)11-19-6-8-20(9-7-19)15-5-4-14(21(22)23)10-16(15)27(2,24)25/h4-5,10,12H,3,6-9,11H2,1-2H3. The molecule has 1 saturated heterocycles. The van der Waals surface area contributed by atoms with Crippen LogP contribution in [-0.2, 0) is 22.8 Å². The summed E-state index contributed by atoms with van der Waals surface area (Å²) in [6.45, 7) is 5.74. The molecule has 8 nitrogen and oxygen atoms in total. The fraction of sp³-hybridized carbons (Fsp3) is 0.471. The van der Waals surface area contributed by atoms with Gasteiger partial charge in [-0.3, -0.25) is 15.0 Å². The molecule has 27 heavy (non-hydrogen) atoms. The van der Waals surface area contributed by atoms with Crippen LogP contribution in [0.15, 0.2) is 28.5 Å². The Kier molecular flexibility index (Phi) is 5.78. The van der Waals surface area contributed by atoms with Gasteiger partial charge in [-0.2, -0.15) is 0 Å². The third-order valence-electron chi connectivity index (χ3n) is 4.55. The van der Waals surface area contributed by atoms with Gasteiger partial charge in [-0.25, -0.2) is 13.4 Å². The maximum atomic E-state index is 12.1. The number of hydrogen-bond donors (Lipinski definition) is 0. The van der Waals surface area contributed by atoms with Gasteiger partial charge in [-0.15, -0.1) is 11.3 Å². The third kappa shape index (κ3) is 4.63. The van der Waals surface area contributed by atoms with E-state index < -0.39 is 14.8 Å². The highest BCUT2D eigenvalue weighted by atomic mass is 32.2. The van der Waals surface area contributed by atoms with Crippen LogP contribution in [0.3, 0.4) is 0 Å². The average Bonchev–Trinajstić information content (AvgIpc) is 3.08. The van der Waals surface area contributed by atoms with Gasteiger partial charge in [0.1, 0.15) is 0 Å². The molecule has 2 aromatic rings. The third-order valence-corrected chi connectivity index (χ3v) is 6.72. The molecular weight excluding hydrogens is 388 g/mol. The quantitative estimate of drug-likeness (QED) is 0.533. The first-order chi connectivity index (χ1) is 12.8. The molecule has 3 rings (SSSR count). The van der Waals surface area contributed by atoms with E-state index in [4.69, 9.17) is 0 Å². The molecule has 1 aromatic carbocycles. The summed E-state index contributed by atoms with van der Waals surface area (Å²) >= 11 is 1.67. The molecule has 0 amide bonds. The number of hydrogen-bond acceptors (Lipinski definition) is 8. The Morgan fingerprint density at radius 1 is 1.26 bits per heavy atom. The number of rotatable bonds is 6. The molecule has 0 radical (unpaired) electrons. The Morgan fingerprint density at radius 2 is 1.96 bits per heavy atom. The van der Waals surface area contributed by atoms with Gasteiger partial charge in [0, 0.05) is 56.5 Å². The number of benzene rings is 1. The number of piperazine rings is 1. The molecule has 1 fully saturated rings. The van der Waals surface area contributed by atoms with Crippen LogP contribution in [0, 0.1) is 10.1 Å². The van der Waals surface area contributed by atoms with Crippen molar-refractivity contribution in [2.24, 2.45) is 0 Å². The van der Waals surface area contributed by atoms with E-state index in [1.54, 1.807) is 11.3 Å². The molecule has 1 aromatic heterocycles. The maximum Gasteiger partial charge on any atom is 0.270 e. The summed E-state index contributed by atoms with van der Waals surface area (Å²) in [6, 6.07) is 4.05. The molecule has 2 heterocycles. The van der Waals surface area contributed by atoms with Gasteiger partial charge in [0.15, 0.2) is 9.84 Å². The van der Waals surface area contributed by atoms with E-state index in [-0.39, 0.29) is 10.6 Å². The van der Waals surface area contributed by atoms with Crippen molar-refractivity contribution < 1.29 is 13.3 Å². The first-order valence-corrected chi connectivity index (χ1v) is 11.4. The second-order valence-corrected chi connectivity index (χ2v) is 9.46. The van der Waals surface area contributed by atoms with Gasteiger partial charge in [0.25, 0.3) is 5.69 Å². The molecule has 1 aliphatic heterocycles. The zero-order valence-corrected chi connectivity index (χ0v) is 16.9. The molecular formula is C17H22N4O4S2. The van der Waals surface area contributed by atoms with E-state index in [9.17, 15) is 18.5 Å². The summed E-state index contributed by atoms with van der Waals surface area (Å²) in [6.07, 6.45) is 2.02. The normalized spacial score (nSPS) is 15.9. The number of non-ortho nitro benzene ring substituents is 1. The highest BCUT2D eigenvalue weighted by Crippen LogP contribution is 2.30. The molecule has 1 aliphatic rings. The van der Waals surface area contributed by atoms with Crippen molar-refractivity contribution in [1.29, 1.82) is 0 Å². The van der Waals surface area contributed by atoms with Crippen molar-refractivity contribution in [1.82, 2.24) is 9.88 Å². The number of anilines is 1. The van der Waals surface area contributed by atoms with Crippen LogP contribution in [0.1, 0.15) is 17.6 Å². The van der Waals surface area contributed by atoms with E-state index in [1.807, 2.05) is 4.90 Å². The Balaban J connectivity index is 1.73. The number of aromatic nitrogens is 1. The van der Waals surface area contributed by atoms with Gasteiger partial charge < -0.3 is 4.90 Å². The fourth-order valence-electron chi connectivity index (χ4n) is 3.13. The molecule has 0 aliphatic carbocycles. The lowest BCUT2D eigenvalue weighted by atomic mass is 10.2. The van der Waals surface area contributed by atoms with Crippen LogP contribution in [-0.4, -0.2) is 55.7 Å². The van der Waals surface area contributed by atoms with Crippen LogP contribution < -0.4 is 4.90 Å². The lowest BCUT2D eigenvalue weighted by Gasteiger charge is -2.36. The molecule has 0 saturated carbocycles. The summed E-state index contributed by atoms with van der Waals surface area (Å²) in [4.78, 5) is 19.3. The van der Waals surface area contributed by atoms with Gasteiger partial charge in [-0.1, -0.05) is 6.92 Å². The second-order valence-electron chi connectivity index (χ2n) is 6.53. The highest BCUT2D eigenvalue weighted by molar-refractivity contribution is 7.90. The van der Waals surface area contributed by atoms with Crippen molar-refractivity contribution in [3.8, 4) is 0 Å². The first kappa shape index (κ1) is 19.7. The predicted octanol–water partition coefficient (Wildman–Crippen LogP) is 2.34. The Hall–Kier alpha value is -2.04. The Labute approximate surface area is 162 Å². The summed E-state index contributed by atoms with van der Waals surface area (Å²) in [5.41, 5.74) is 1.38. The zero-order valence-electron chi connectivity index (χ0n) is 15.3. The number of thiazole rings is 1. The summed E-state index contributed by atoms with van der Waals surface area (Å²) in [5.74, 6) is 0. The van der Waals surface area contributed by atoms with Gasteiger partial charge >= 0.3 is 0 Å². The van der Waals surface area contributed by atoms with Crippen molar-refractivity contribution in [2.75, 3.05) is 37.3 Å². The molecule has 10 heteroatoms. The number of aryl methyl sites for hydroxylation is 1. The SMILES string of the molecule is CCc1nc(CN2CCN(c3ccc([N+](=O)[O-])cc3S(C)(=O)=O)CC2)cs1. The van der Waals surface area contributed by atoms with Crippen LogP contribution in [0.2, 0.25) is 0 Å². The number of nitrogens with zero attached hydrogens (tertiary/aromatic N) is 4. The maximum absolute atomic E-state index is 12.1. The lowest BCUT2D eigenvalue weighted by Crippen LogP contribution is -2.46. The Morgan fingerprint density at radius 3 is 2.52 bits per heavy atom. The average molecular weight is 411 g/mol. The van der Waals surface area contributed by atoms with E-state index in [0.717, 1.165) is 49.1 Å². The summed E-state index contributed by atoms with van der Waals surface area (Å²) in [5, 5.41) is 14.2. The number of sulfone groups is 1. The van der Waals surface area contributed by atoms with Crippen molar-refractivity contribution in [3.63, 3.8) is 0 Å². The zero-order chi connectivity index (χ0) is 19.6. The first-order valence-electron chi connectivity index (χ1n) is 8.67.